The van der Waals surface area contributed by atoms with Crippen molar-refractivity contribution in [1.82, 2.24) is 25.7 Å². The predicted octanol–water partition coefficient (Wildman–Crippen LogP) is 0.906. The molecule has 0 spiro atoms. The molecule has 4 amide bonds. The molecule has 134 valence electrons. The minimum Gasteiger partial charge on any atom is -0.497 e. The van der Waals surface area contributed by atoms with Gasteiger partial charge in [0.25, 0.3) is 11.8 Å². The van der Waals surface area contributed by atoms with E-state index in [4.69, 9.17) is 4.74 Å². The molecule has 9 nitrogen and oxygen atoms in total. The lowest BCUT2D eigenvalue weighted by Crippen LogP contribution is -2.48. The Morgan fingerprint density at radius 1 is 1.27 bits per heavy atom. The molecule has 3 rings (SSSR count). The number of ether oxygens (including phenoxy) is 1. The minimum absolute atomic E-state index is 0.00816. The van der Waals surface area contributed by atoms with Crippen molar-refractivity contribution in [2.45, 2.75) is 19.4 Å². The second kappa shape index (κ2) is 6.43. The quantitative estimate of drug-likeness (QED) is 0.788. The standard InChI is InChI=1S/C17H17N5O4/c1-10-8-19-13(9-18-10)14(23)21-22-15(24)17(2,20-16(22)25)11-5-4-6-12(7-11)26-3/h4-9H,1-3H3,(H,20,25)(H,21,23). The summed E-state index contributed by atoms with van der Waals surface area (Å²) in [7, 11) is 1.51. The summed E-state index contributed by atoms with van der Waals surface area (Å²) in [5.41, 5.74) is 2.09. The number of aromatic nitrogens is 2. The molecule has 2 N–H and O–H groups in total. The molecule has 1 aromatic heterocycles. The first-order chi connectivity index (χ1) is 12.3. The number of rotatable bonds is 4. The van der Waals surface area contributed by atoms with Gasteiger partial charge in [-0.2, -0.15) is 5.01 Å². The smallest absolute Gasteiger partial charge is 0.344 e. The van der Waals surface area contributed by atoms with Crippen molar-refractivity contribution in [3.05, 3.63) is 53.6 Å². The fourth-order valence-corrected chi connectivity index (χ4v) is 2.54. The minimum atomic E-state index is -1.34. The van der Waals surface area contributed by atoms with Gasteiger partial charge in [-0.1, -0.05) is 12.1 Å². The van der Waals surface area contributed by atoms with Gasteiger partial charge in [0.15, 0.2) is 0 Å². The number of nitrogens with zero attached hydrogens (tertiary/aromatic N) is 3. The fraction of sp³-hybridized carbons (Fsp3) is 0.235. The first kappa shape index (κ1) is 17.3. The average Bonchev–Trinajstić information content (AvgIpc) is 2.86. The van der Waals surface area contributed by atoms with Gasteiger partial charge in [-0.25, -0.2) is 9.78 Å². The number of imide groups is 1. The number of methoxy groups -OCH3 is 1. The molecule has 1 saturated heterocycles. The second-order valence-corrected chi connectivity index (χ2v) is 5.91. The molecule has 1 aromatic carbocycles. The van der Waals surface area contributed by atoms with Crippen LogP contribution in [-0.4, -0.2) is 39.9 Å². The van der Waals surface area contributed by atoms with Crippen molar-refractivity contribution in [1.29, 1.82) is 0 Å². The zero-order valence-corrected chi connectivity index (χ0v) is 14.4. The van der Waals surface area contributed by atoms with Crippen molar-refractivity contribution >= 4 is 17.8 Å². The Hall–Kier alpha value is -3.49. The number of urea groups is 1. The lowest BCUT2D eigenvalue weighted by Gasteiger charge is -2.22. The van der Waals surface area contributed by atoms with Crippen LogP contribution in [0.3, 0.4) is 0 Å². The van der Waals surface area contributed by atoms with Crippen LogP contribution in [0.5, 0.6) is 5.75 Å². The van der Waals surface area contributed by atoms with Crippen LogP contribution in [0.1, 0.15) is 28.7 Å². The molecule has 0 bridgehead atoms. The van der Waals surface area contributed by atoms with Crippen LogP contribution in [0.15, 0.2) is 36.7 Å². The molecule has 2 aromatic rings. The molecule has 0 saturated carbocycles. The van der Waals surface area contributed by atoms with Gasteiger partial charge >= 0.3 is 6.03 Å². The monoisotopic (exact) mass is 355 g/mol. The number of amides is 4. The maximum Gasteiger partial charge on any atom is 0.344 e. The Bertz CT molecular complexity index is 883. The third-order valence-electron chi connectivity index (χ3n) is 4.06. The summed E-state index contributed by atoms with van der Waals surface area (Å²) in [6, 6.07) is 6.03. The van der Waals surface area contributed by atoms with E-state index in [1.165, 1.54) is 19.5 Å². The van der Waals surface area contributed by atoms with Gasteiger partial charge in [-0.15, -0.1) is 0 Å². The van der Waals surface area contributed by atoms with Crippen LogP contribution in [0, 0.1) is 6.92 Å². The molecule has 1 fully saturated rings. The third kappa shape index (κ3) is 2.94. The van der Waals surface area contributed by atoms with Crippen LogP contribution in [0.2, 0.25) is 0 Å². The largest absolute Gasteiger partial charge is 0.497 e. The van der Waals surface area contributed by atoms with Crippen LogP contribution < -0.4 is 15.5 Å². The summed E-state index contributed by atoms with van der Waals surface area (Å²) in [5.74, 6) is -0.789. The van der Waals surface area contributed by atoms with E-state index in [2.05, 4.69) is 20.7 Å². The van der Waals surface area contributed by atoms with E-state index in [-0.39, 0.29) is 5.69 Å². The Kier molecular flexibility index (Phi) is 4.29. The Labute approximate surface area is 149 Å². The highest BCUT2D eigenvalue weighted by Crippen LogP contribution is 2.30. The number of carbonyl (C=O) groups is 3. The van der Waals surface area contributed by atoms with Gasteiger partial charge in [0.05, 0.1) is 19.0 Å². The van der Waals surface area contributed by atoms with E-state index in [9.17, 15) is 14.4 Å². The van der Waals surface area contributed by atoms with Crippen LogP contribution in [0.25, 0.3) is 0 Å². The van der Waals surface area contributed by atoms with Crippen molar-refractivity contribution < 1.29 is 19.1 Å². The summed E-state index contributed by atoms with van der Waals surface area (Å²) < 4.78 is 5.16. The second-order valence-electron chi connectivity index (χ2n) is 5.91. The molecule has 1 unspecified atom stereocenters. The van der Waals surface area contributed by atoms with E-state index in [0.29, 0.717) is 22.0 Å². The van der Waals surface area contributed by atoms with Gasteiger partial charge in [-0.05, 0) is 31.5 Å². The van der Waals surface area contributed by atoms with E-state index in [1.807, 2.05) is 0 Å². The highest BCUT2D eigenvalue weighted by molar-refractivity contribution is 6.09. The topological polar surface area (TPSA) is 114 Å². The molecular formula is C17H17N5O4. The Morgan fingerprint density at radius 2 is 2.04 bits per heavy atom. The van der Waals surface area contributed by atoms with E-state index >= 15 is 0 Å². The molecule has 0 aliphatic carbocycles. The maximum absolute atomic E-state index is 12.8. The number of hydrogen-bond acceptors (Lipinski definition) is 6. The maximum atomic E-state index is 12.8. The summed E-state index contributed by atoms with van der Waals surface area (Å²) in [6.07, 6.45) is 2.69. The van der Waals surface area contributed by atoms with Crippen molar-refractivity contribution in [3.63, 3.8) is 0 Å². The molecule has 26 heavy (non-hydrogen) atoms. The van der Waals surface area contributed by atoms with Gasteiger partial charge in [0, 0.05) is 6.20 Å². The summed E-state index contributed by atoms with van der Waals surface area (Å²) in [6.45, 7) is 3.28. The number of nitrogens with one attached hydrogen (secondary N) is 2. The first-order valence-corrected chi connectivity index (χ1v) is 7.76. The number of carbonyl (C=O) groups excluding carboxylic acids is 3. The van der Waals surface area contributed by atoms with E-state index < -0.39 is 23.4 Å². The van der Waals surface area contributed by atoms with Crippen LogP contribution in [0.4, 0.5) is 4.79 Å². The Balaban J connectivity index is 1.84. The van der Waals surface area contributed by atoms with Gasteiger partial charge < -0.3 is 10.1 Å². The van der Waals surface area contributed by atoms with Crippen molar-refractivity contribution in [3.8, 4) is 5.75 Å². The molecule has 1 atom stereocenters. The lowest BCUT2D eigenvalue weighted by atomic mass is 9.92. The van der Waals surface area contributed by atoms with E-state index in [1.54, 1.807) is 38.1 Å². The molecule has 9 heteroatoms. The van der Waals surface area contributed by atoms with Crippen molar-refractivity contribution in [2.24, 2.45) is 0 Å². The van der Waals surface area contributed by atoms with Gasteiger partial charge in [0.2, 0.25) is 0 Å². The van der Waals surface area contributed by atoms with Crippen LogP contribution >= 0.6 is 0 Å². The molecule has 1 aliphatic heterocycles. The first-order valence-electron chi connectivity index (χ1n) is 7.76. The Morgan fingerprint density at radius 3 is 2.69 bits per heavy atom. The zero-order chi connectivity index (χ0) is 18.9. The third-order valence-corrected chi connectivity index (χ3v) is 4.06. The zero-order valence-electron chi connectivity index (χ0n) is 14.4. The highest BCUT2D eigenvalue weighted by Gasteiger charge is 2.50. The normalized spacial score (nSPS) is 19.3. The summed E-state index contributed by atoms with van der Waals surface area (Å²) >= 11 is 0. The number of aryl methyl sites for hydroxylation is 1. The van der Waals surface area contributed by atoms with E-state index in [0.717, 1.165) is 0 Å². The average molecular weight is 355 g/mol. The van der Waals surface area contributed by atoms with Gasteiger partial charge in [0.1, 0.15) is 17.0 Å². The molecule has 0 radical (unpaired) electrons. The SMILES string of the molecule is COc1cccc(C2(C)NC(=O)N(NC(=O)c3cnc(C)cn3)C2=O)c1. The number of benzene rings is 1. The predicted molar refractivity (Wildman–Crippen MR) is 90.0 cm³/mol. The number of hydrogen-bond donors (Lipinski definition) is 2. The summed E-state index contributed by atoms with van der Waals surface area (Å²) in [5, 5.41) is 3.24. The lowest BCUT2D eigenvalue weighted by molar-refractivity contribution is -0.132. The van der Waals surface area contributed by atoms with Crippen molar-refractivity contribution in [2.75, 3.05) is 7.11 Å². The highest BCUT2D eigenvalue weighted by atomic mass is 16.5. The molecule has 2 heterocycles. The van der Waals surface area contributed by atoms with Crippen LogP contribution in [-0.2, 0) is 10.3 Å². The fourth-order valence-electron chi connectivity index (χ4n) is 2.54. The summed E-state index contributed by atoms with van der Waals surface area (Å²) in [4.78, 5) is 45.2. The number of hydrazine groups is 1. The van der Waals surface area contributed by atoms with Gasteiger partial charge in [-0.3, -0.25) is 20.0 Å². The molecule has 1 aliphatic rings. The molecular weight excluding hydrogens is 338 g/mol.